The van der Waals surface area contributed by atoms with Crippen LogP contribution in [0.1, 0.15) is 444 Å². The molecule has 0 saturated carbocycles. The summed E-state index contributed by atoms with van der Waals surface area (Å²) in [7, 11) is 0. The molecule has 0 fully saturated rings. The van der Waals surface area contributed by atoms with Gasteiger partial charge in [-0.05, 0) is 51.4 Å². The Kier molecular flexibility index (Phi) is 71.8. The molecule has 0 bridgehead atoms. The van der Waals surface area contributed by atoms with Gasteiger partial charge in [0.1, 0.15) is 0 Å². The molecule has 2 atom stereocenters. The van der Waals surface area contributed by atoms with Gasteiger partial charge in [0.05, 0.1) is 25.4 Å². The Hall–Kier alpha value is -1.40. The molecule has 0 rings (SSSR count). The number of carbonyl (C=O) groups excluding carboxylic acids is 2. The highest BCUT2D eigenvalue weighted by atomic mass is 16.5. The van der Waals surface area contributed by atoms with Crippen LogP contribution >= 0.6 is 0 Å². The molecule has 6 nitrogen and oxygen atoms in total. The Morgan fingerprint density at radius 1 is 0.325 bits per heavy atom. The Morgan fingerprint density at radius 2 is 0.566 bits per heavy atom. The molecular formula is C77H151NO5. The van der Waals surface area contributed by atoms with Crippen molar-refractivity contribution in [3.63, 3.8) is 0 Å². The molecule has 0 aliphatic rings. The first-order valence-corrected chi connectivity index (χ1v) is 38.4. The van der Waals surface area contributed by atoms with E-state index in [0.717, 1.165) is 38.5 Å². The van der Waals surface area contributed by atoms with E-state index in [1.165, 1.54) is 372 Å². The Balaban J connectivity index is 3.36. The summed E-state index contributed by atoms with van der Waals surface area (Å²) in [6, 6.07) is -0.542. The van der Waals surface area contributed by atoms with Crippen molar-refractivity contribution in [3.05, 3.63) is 12.2 Å². The van der Waals surface area contributed by atoms with E-state index in [1.54, 1.807) is 0 Å². The number of allylic oxidation sites excluding steroid dienone is 2. The predicted octanol–water partition coefficient (Wildman–Crippen LogP) is 25.1. The van der Waals surface area contributed by atoms with Gasteiger partial charge >= 0.3 is 5.97 Å². The zero-order valence-electron chi connectivity index (χ0n) is 56.7. The van der Waals surface area contributed by atoms with E-state index in [-0.39, 0.29) is 18.5 Å². The van der Waals surface area contributed by atoms with E-state index >= 15 is 0 Å². The Labute approximate surface area is 520 Å². The number of unbranched alkanes of at least 4 members (excludes halogenated alkanes) is 60. The smallest absolute Gasteiger partial charge is 0.305 e. The van der Waals surface area contributed by atoms with Crippen LogP contribution in [0.5, 0.6) is 0 Å². The van der Waals surface area contributed by atoms with Gasteiger partial charge in [-0.15, -0.1) is 0 Å². The van der Waals surface area contributed by atoms with Crippen LogP contribution in [0, 0.1) is 0 Å². The van der Waals surface area contributed by atoms with E-state index in [2.05, 4.69) is 31.3 Å². The second kappa shape index (κ2) is 73.1. The normalized spacial score (nSPS) is 12.5. The first kappa shape index (κ1) is 81.6. The minimum Gasteiger partial charge on any atom is -0.466 e. The van der Waals surface area contributed by atoms with Gasteiger partial charge in [-0.3, -0.25) is 9.59 Å². The van der Waals surface area contributed by atoms with Crippen molar-refractivity contribution in [2.75, 3.05) is 13.2 Å². The second-order valence-corrected chi connectivity index (χ2v) is 26.7. The molecule has 494 valence electrons. The average Bonchev–Trinajstić information content (AvgIpc) is 3.49. The van der Waals surface area contributed by atoms with Crippen LogP contribution < -0.4 is 5.32 Å². The summed E-state index contributed by atoms with van der Waals surface area (Å²) in [5.74, 6) is -0.00837. The van der Waals surface area contributed by atoms with Crippen molar-refractivity contribution in [2.24, 2.45) is 0 Å². The van der Waals surface area contributed by atoms with Crippen LogP contribution in [0.15, 0.2) is 12.2 Å². The fourth-order valence-electron chi connectivity index (χ4n) is 12.5. The van der Waals surface area contributed by atoms with Gasteiger partial charge in [-0.25, -0.2) is 0 Å². The van der Waals surface area contributed by atoms with Crippen molar-refractivity contribution in [1.82, 2.24) is 5.32 Å². The van der Waals surface area contributed by atoms with Gasteiger partial charge in [0.25, 0.3) is 0 Å². The summed E-state index contributed by atoms with van der Waals surface area (Å²) in [4.78, 5) is 24.7. The fraction of sp³-hybridized carbons (Fsp3) is 0.948. The van der Waals surface area contributed by atoms with Gasteiger partial charge in [-0.1, -0.05) is 392 Å². The monoisotopic (exact) mass is 1170 g/mol. The van der Waals surface area contributed by atoms with Crippen LogP contribution in [-0.4, -0.2) is 47.4 Å². The maximum Gasteiger partial charge on any atom is 0.305 e. The number of aliphatic hydroxyl groups excluding tert-OH is 2. The van der Waals surface area contributed by atoms with E-state index < -0.39 is 12.1 Å². The first-order chi connectivity index (χ1) is 41.0. The topological polar surface area (TPSA) is 95.9 Å². The number of ether oxygens (including phenoxy) is 1. The molecule has 0 aliphatic carbocycles. The molecule has 0 aromatic heterocycles. The minimum atomic E-state index is -0.665. The zero-order chi connectivity index (χ0) is 59.9. The molecule has 3 N–H and O–H groups in total. The number of rotatable bonds is 73. The third kappa shape index (κ3) is 69.6. The van der Waals surface area contributed by atoms with Gasteiger partial charge < -0.3 is 20.3 Å². The van der Waals surface area contributed by atoms with Crippen LogP contribution in [0.25, 0.3) is 0 Å². The van der Waals surface area contributed by atoms with E-state index in [1.807, 2.05) is 0 Å². The van der Waals surface area contributed by atoms with Gasteiger partial charge in [0, 0.05) is 12.8 Å². The van der Waals surface area contributed by atoms with Crippen LogP contribution in [0.3, 0.4) is 0 Å². The summed E-state index contributed by atoms with van der Waals surface area (Å²) in [5.41, 5.74) is 0. The number of hydrogen-bond donors (Lipinski definition) is 3. The molecule has 2 unspecified atom stereocenters. The molecule has 6 heteroatoms. The van der Waals surface area contributed by atoms with Crippen molar-refractivity contribution in [3.8, 4) is 0 Å². The van der Waals surface area contributed by atoms with E-state index in [0.29, 0.717) is 25.9 Å². The quantitative estimate of drug-likeness (QED) is 0.0320. The van der Waals surface area contributed by atoms with Crippen LogP contribution in [-0.2, 0) is 14.3 Å². The molecular weight excluding hydrogens is 1020 g/mol. The van der Waals surface area contributed by atoms with Gasteiger partial charge in [0.15, 0.2) is 0 Å². The van der Waals surface area contributed by atoms with Gasteiger partial charge in [-0.2, -0.15) is 0 Å². The molecule has 0 aromatic rings. The predicted molar refractivity (Wildman–Crippen MR) is 366 cm³/mol. The van der Waals surface area contributed by atoms with E-state index in [4.69, 9.17) is 4.74 Å². The molecule has 0 aromatic carbocycles. The third-order valence-electron chi connectivity index (χ3n) is 18.3. The molecule has 0 spiro atoms. The third-order valence-corrected chi connectivity index (χ3v) is 18.3. The highest BCUT2D eigenvalue weighted by molar-refractivity contribution is 5.76. The maximum atomic E-state index is 12.6. The van der Waals surface area contributed by atoms with Crippen molar-refractivity contribution in [1.29, 1.82) is 0 Å². The van der Waals surface area contributed by atoms with E-state index in [9.17, 15) is 19.8 Å². The number of hydrogen-bond acceptors (Lipinski definition) is 5. The number of amides is 1. The zero-order valence-corrected chi connectivity index (χ0v) is 56.7. The standard InChI is InChI=1S/C77H151NO5/c1-3-5-7-9-11-13-15-17-19-21-22-31-34-38-41-45-49-53-57-61-65-69-75(80)74(73-79)78-76(81)70-66-62-58-54-50-46-42-39-35-32-29-27-25-23-24-26-28-30-33-36-40-44-48-52-56-60-64-68-72-83-77(82)71-67-63-59-55-51-47-43-37-20-18-16-14-12-10-8-6-4-2/h23-24,74-75,79-80H,3-22,25-73H2,1-2H3,(H,78,81)/b24-23-. The van der Waals surface area contributed by atoms with Crippen LogP contribution in [0.2, 0.25) is 0 Å². The van der Waals surface area contributed by atoms with Crippen molar-refractivity contribution in [2.45, 2.75) is 456 Å². The Morgan fingerprint density at radius 3 is 0.855 bits per heavy atom. The van der Waals surface area contributed by atoms with Crippen LogP contribution in [0.4, 0.5) is 0 Å². The number of carbonyl (C=O) groups is 2. The lowest BCUT2D eigenvalue weighted by molar-refractivity contribution is -0.143. The van der Waals surface area contributed by atoms with Crippen molar-refractivity contribution < 1.29 is 24.5 Å². The molecule has 1 amide bonds. The highest BCUT2D eigenvalue weighted by Gasteiger charge is 2.20. The Bertz CT molecular complexity index is 1260. The lowest BCUT2D eigenvalue weighted by Gasteiger charge is -2.22. The van der Waals surface area contributed by atoms with Crippen molar-refractivity contribution >= 4 is 11.9 Å². The number of aliphatic hydroxyl groups is 2. The molecule has 83 heavy (non-hydrogen) atoms. The fourth-order valence-corrected chi connectivity index (χ4v) is 12.5. The highest BCUT2D eigenvalue weighted by Crippen LogP contribution is 2.20. The lowest BCUT2D eigenvalue weighted by Crippen LogP contribution is -2.45. The average molecular weight is 1170 g/mol. The number of esters is 1. The maximum absolute atomic E-state index is 12.6. The summed E-state index contributed by atoms with van der Waals surface area (Å²) in [6.45, 7) is 5.01. The molecule has 0 heterocycles. The first-order valence-electron chi connectivity index (χ1n) is 38.4. The number of nitrogens with one attached hydrogen (secondary N) is 1. The largest absolute Gasteiger partial charge is 0.466 e. The minimum absolute atomic E-state index is 0.0211. The molecule has 0 aliphatic heterocycles. The van der Waals surface area contributed by atoms with Gasteiger partial charge in [0.2, 0.25) is 5.91 Å². The molecule has 0 saturated heterocycles. The summed E-state index contributed by atoms with van der Waals surface area (Å²) in [6.07, 6.45) is 91.4. The molecule has 0 radical (unpaired) electrons. The summed E-state index contributed by atoms with van der Waals surface area (Å²) in [5, 5.41) is 23.4. The lowest BCUT2D eigenvalue weighted by atomic mass is 10.0. The summed E-state index contributed by atoms with van der Waals surface area (Å²) >= 11 is 0. The summed E-state index contributed by atoms with van der Waals surface area (Å²) < 4.78 is 5.51. The SMILES string of the molecule is CCCCCCCCCCCCCCCCCCCCCCCC(O)C(CO)NC(=O)CCCCCCCCCCCCCC/C=C\CCCCCCCCCCCCCCOC(=O)CCCCCCCCCCCCCCCCCCC. The second-order valence-electron chi connectivity index (χ2n) is 26.7.